The molecule has 0 aromatic carbocycles. The van der Waals surface area contributed by atoms with Gasteiger partial charge in [-0.05, 0) is 69.9 Å². The van der Waals surface area contributed by atoms with Crippen molar-refractivity contribution in [2.24, 2.45) is 11.8 Å². The molecule has 2 aliphatic heterocycles. The van der Waals surface area contributed by atoms with Crippen LogP contribution < -0.4 is 5.32 Å². The number of nitrogens with zero attached hydrogens (tertiary/aromatic N) is 1. The summed E-state index contributed by atoms with van der Waals surface area (Å²) >= 11 is 0. The first-order chi connectivity index (χ1) is 10.3. The van der Waals surface area contributed by atoms with Crippen LogP contribution in [0.2, 0.25) is 0 Å². The Morgan fingerprint density at radius 3 is 2.43 bits per heavy atom. The highest BCUT2D eigenvalue weighted by Crippen LogP contribution is 2.37. The van der Waals surface area contributed by atoms with Gasteiger partial charge in [0.1, 0.15) is 0 Å². The number of hydrogen-bond donors (Lipinski definition) is 1. The molecule has 3 fully saturated rings. The lowest BCUT2D eigenvalue weighted by Crippen LogP contribution is -2.49. The van der Waals surface area contributed by atoms with Crippen molar-refractivity contribution in [1.82, 2.24) is 10.2 Å². The number of rotatable bonds is 6. The second-order valence-corrected chi connectivity index (χ2v) is 8.17. The van der Waals surface area contributed by atoms with Crippen molar-refractivity contribution in [2.45, 2.75) is 96.2 Å². The average molecular weight is 293 g/mol. The van der Waals surface area contributed by atoms with E-state index in [1.807, 2.05) is 0 Å². The van der Waals surface area contributed by atoms with Crippen molar-refractivity contribution >= 4 is 0 Å². The van der Waals surface area contributed by atoms with Gasteiger partial charge in [-0.25, -0.2) is 0 Å². The minimum absolute atomic E-state index is 0.813. The van der Waals surface area contributed by atoms with Gasteiger partial charge in [0.05, 0.1) is 0 Å². The zero-order chi connectivity index (χ0) is 14.7. The van der Waals surface area contributed by atoms with Crippen molar-refractivity contribution in [2.75, 3.05) is 13.1 Å². The molecule has 2 heterocycles. The normalized spacial score (nSPS) is 40.6. The van der Waals surface area contributed by atoms with Crippen LogP contribution in [0.4, 0.5) is 0 Å². The van der Waals surface area contributed by atoms with E-state index in [0.717, 1.165) is 30.0 Å². The minimum atomic E-state index is 0.813. The zero-order valence-corrected chi connectivity index (χ0v) is 14.3. The second-order valence-electron chi connectivity index (χ2n) is 8.17. The molecule has 0 aromatic heterocycles. The fourth-order valence-electron chi connectivity index (χ4n) is 5.31. The molecule has 2 nitrogen and oxygen atoms in total. The van der Waals surface area contributed by atoms with Crippen molar-refractivity contribution in [3.63, 3.8) is 0 Å². The Hall–Kier alpha value is -0.0800. The van der Waals surface area contributed by atoms with E-state index in [-0.39, 0.29) is 0 Å². The van der Waals surface area contributed by atoms with Crippen LogP contribution in [-0.2, 0) is 0 Å². The van der Waals surface area contributed by atoms with E-state index in [1.165, 1.54) is 77.3 Å². The Morgan fingerprint density at radius 2 is 1.76 bits per heavy atom. The topological polar surface area (TPSA) is 15.3 Å². The highest BCUT2D eigenvalue weighted by atomic mass is 15.2. The number of fused-ring (bicyclic) bond motifs is 2. The van der Waals surface area contributed by atoms with Gasteiger partial charge in [0.2, 0.25) is 0 Å². The minimum Gasteiger partial charge on any atom is -0.314 e. The standard InChI is InChI=1S/C19H36N2/c1-3-10-20-17-13-18-7-8-19(14-17)21(18)11-9-16-6-4-5-15(2)12-16/h15-20H,3-14H2,1-2H3. The molecule has 4 unspecified atom stereocenters. The van der Waals surface area contributed by atoms with Gasteiger partial charge >= 0.3 is 0 Å². The van der Waals surface area contributed by atoms with Gasteiger partial charge in [0.25, 0.3) is 0 Å². The molecule has 0 aromatic rings. The lowest BCUT2D eigenvalue weighted by molar-refractivity contribution is 0.103. The molecule has 21 heavy (non-hydrogen) atoms. The second kappa shape index (κ2) is 7.46. The number of hydrogen-bond acceptors (Lipinski definition) is 2. The molecule has 2 heteroatoms. The van der Waals surface area contributed by atoms with Crippen molar-refractivity contribution < 1.29 is 0 Å². The van der Waals surface area contributed by atoms with Crippen molar-refractivity contribution in [3.8, 4) is 0 Å². The average Bonchev–Trinajstić information content (AvgIpc) is 2.72. The third-order valence-electron chi connectivity index (χ3n) is 6.41. The smallest absolute Gasteiger partial charge is 0.0114 e. The van der Waals surface area contributed by atoms with Gasteiger partial charge in [0, 0.05) is 18.1 Å². The molecular weight excluding hydrogens is 256 g/mol. The zero-order valence-electron chi connectivity index (χ0n) is 14.3. The molecule has 1 saturated carbocycles. The van der Waals surface area contributed by atoms with Gasteiger partial charge in [-0.2, -0.15) is 0 Å². The van der Waals surface area contributed by atoms with Crippen LogP contribution in [-0.4, -0.2) is 36.1 Å². The largest absolute Gasteiger partial charge is 0.314 e. The van der Waals surface area contributed by atoms with Crippen LogP contribution in [0.25, 0.3) is 0 Å². The quantitative estimate of drug-likeness (QED) is 0.789. The summed E-state index contributed by atoms with van der Waals surface area (Å²) in [6.45, 7) is 7.35. The van der Waals surface area contributed by atoms with Crippen LogP contribution in [0.1, 0.15) is 78.1 Å². The first-order valence-corrected chi connectivity index (χ1v) is 9.75. The summed E-state index contributed by atoms with van der Waals surface area (Å²) in [6, 6.07) is 2.62. The molecule has 0 radical (unpaired) electrons. The van der Waals surface area contributed by atoms with Crippen molar-refractivity contribution in [3.05, 3.63) is 0 Å². The number of piperidine rings is 1. The maximum Gasteiger partial charge on any atom is 0.0114 e. The lowest BCUT2D eigenvalue weighted by Gasteiger charge is -2.40. The van der Waals surface area contributed by atoms with E-state index < -0.39 is 0 Å². The van der Waals surface area contributed by atoms with E-state index in [4.69, 9.17) is 0 Å². The van der Waals surface area contributed by atoms with E-state index >= 15 is 0 Å². The molecule has 4 atom stereocenters. The maximum absolute atomic E-state index is 3.78. The molecule has 0 spiro atoms. The van der Waals surface area contributed by atoms with Crippen LogP contribution >= 0.6 is 0 Å². The summed E-state index contributed by atoms with van der Waals surface area (Å²) in [5.74, 6) is 2.02. The first-order valence-electron chi connectivity index (χ1n) is 9.75. The molecule has 3 aliphatic rings. The van der Waals surface area contributed by atoms with Gasteiger partial charge in [-0.3, -0.25) is 4.90 Å². The Bertz CT molecular complexity index is 303. The summed E-state index contributed by atoms with van der Waals surface area (Å²) in [7, 11) is 0. The van der Waals surface area contributed by atoms with E-state index in [1.54, 1.807) is 0 Å². The first kappa shape index (κ1) is 15.8. The fourth-order valence-corrected chi connectivity index (χ4v) is 5.31. The van der Waals surface area contributed by atoms with Crippen LogP contribution in [0.15, 0.2) is 0 Å². The predicted molar refractivity (Wildman–Crippen MR) is 90.6 cm³/mol. The molecule has 1 aliphatic carbocycles. The molecule has 1 N–H and O–H groups in total. The summed E-state index contributed by atoms with van der Waals surface area (Å²) in [5.41, 5.74) is 0. The van der Waals surface area contributed by atoms with E-state index in [0.29, 0.717) is 0 Å². The third-order valence-corrected chi connectivity index (χ3v) is 6.41. The molecule has 122 valence electrons. The van der Waals surface area contributed by atoms with Crippen LogP contribution in [0.3, 0.4) is 0 Å². The van der Waals surface area contributed by atoms with E-state index in [2.05, 4.69) is 24.1 Å². The molecule has 2 bridgehead atoms. The van der Waals surface area contributed by atoms with Gasteiger partial charge in [-0.1, -0.05) is 33.1 Å². The van der Waals surface area contributed by atoms with Crippen LogP contribution in [0, 0.1) is 11.8 Å². The number of nitrogens with one attached hydrogen (secondary N) is 1. The maximum atomic E-state index is 3.78. The Morgan fingerprint density at radius 1 is 1.00 bits per heavy atom. The lowest BCUT2D eigenvalue weighted by atomic mass is 9.80. The monoisotopic (exact) mass is 292 g/mol. The Kier molecular flexibility index (Phi) is 5.61. The van der Waals surface area contributed by atoms with E-state index in [9.17, 15) is 0 Å². The van der Waals surface area contributed by atoms with Gasteiger partial charge in [-0.15, -0.1) is 0 Å². The van der Waals surface area contributed by atoms with Gasteiger partial charge in [0.15, 0.2) is 0 Å². The summed E-state index contributed by atoms with van der Waals surface area (Å²) in [6.07, 6.45) is 14.5. The molecular formula is C19H36N2. The SMILES string of the molecule is CCCNC1CC2CCC(C1)N2CCC1CCCC(C)C1. The summed E-state index contributed by atoms with van der Waals surface area (Å²) in [4.78, 5) is 2.91. The highest BCUT2D eigenvalue weighted by molar-refractivity contribution is 4.97. The predicted octanol–water partition coefficient (Wildman–Crippen LogP) is 4.20. The van der Waals surface area contributed by atoms with Crippen LogP contribution in [0.5, 0.6) is 0 Å². The summed E-state index contributed by atoms with van der Waals surface area (Å²) in [5, 5.41) is 3.78. The van der Waals surface area contributed by atoms with Gasteiger partial charge < -0.3 is 5.32 Å². The fraction of sp³-hybridized carbons (Fsp3) is 1.00. The molecule has 3 rings (SSSR count). The summed E-state index contributed by atoms with van der Waals surface area (Å²) < 4.78 is 0. The highest BCUT2D eigenvalue weighted by Gasteiger charge is 2.40. The Balaban J connectivity index is 1.44. The third kappa shape index (κ3) is 4.01. The molecule has 2 saturated heterocycles. The molecule has 0 amide bonds. The Labute approximate surface area is 132 Å². The van der Waals surface area contributed by atoms with Crippen molar-refractivity contribution in [1.29, 1.82) is 0 Å².